The second-order valence-corrected chi connectivity index (χ2v) is 4.29. The molecule has 16 heavy (non-hydrogen) atoms. The van der Waals surface area contributed by atoms with Crippen molar-refractivity contribution in [1.82, 2.24) is 5.32 Å². The van der Waals surface area contributed by atoms with Crippen LogP contribution in [-0.4, -0.2) is 38.4 Å². The second-order valence-electron chi connectivity index (χ2n) is 4.29. The van der Waals surface area contributed by atoms with E-state index in [1.807, 2.05) is 0 Å². The highest BCUT2D eigenvalue weighted by Crippen LogP contribution is 2.18. The SMILES string of the molecule is Cl.O=C(OC1CCCNC1)C1CCOCC1. The van der Waals surface area contributed by atoms with Gasteiger partial charge in [0.1, 0.15) is 6.10 Å². The quantitative estimate of drug-likeness (QED) is 0.746. The summed E-state index contributed by atoms with van der Waals surface area (Å²) >= 11 is 0. The number of rotatable bonds is 2. The molecule has 5 heteroatoms. The lowest BCUT2D eigenvalue weighted by atomic mass is 10.0. The Morgan fingerprint density at radius 3 is 2.62 bits per heavy atom. The largest absolute Gasteiger partial charge is 0.461 e. The van der Waals surface area contributed by atoms with Gasteiger partial charge in [0.15, 0.2) is 0 Å². The highest BCUT2D eigenvalue weighted by molar-refractivity contribution is 5.85. The van der Waals surface area contributed by atoms with E-state index in [0.717, 1.165) is 38.8 Å². The fourth-order valence-electron chi connectivity index (χ4n) is 2.11. The lowest BCUT2D eigenvalue weighted by molar-refractivity contribution is -0.157. The summed E-state index contributed by atoms with van der Waals surface area (Å²) in [4.78, 5) is 11.8. The van der Waals surface area contributed by atoms with Crippen LogP contribution in [0.3, 0.4) is 0 Å². The summed E-state index contributed by atoms with van der Waals surface area (Å²) in [5.74, 6) is 0.0488. The molecule has 1 atom stereocenters. The Morgan fingerprint density at radius 2 is 2.00 bits per heavy atom. The Balaban J connectivity index is 0.00000128. The molecule has 4 nitrogen and oxygen atoms in total. The van der Waals surface area contributed by atoms with Crippen molar-refractivity contribution in [2.24, 2.45) is 5.92 Å². The van der Waals surface area contributed by atoms with Gasteiger partial charge in [-0.25, -0.2) is 0 Å². The van der Waals surface area contributed by atoms with Crippen molar-refractivity contribution in [3.8, 4) is 0 Å². The smallest absolute Gasteiger partial charge is 0.309 e. The van der Waals surface area contributed by atoms with Crippen LogP contribution in [0, 0.1) is 5.92 Å². The molecule has 2 aliphatic heterocycles. The van der Waals surface area contributed by atoms with Gasteiger partial charge in [0, 0.05) is 19.8 Å². The van der Waals surface area contributed by atoms with Gasteiger partial charge < -0.3 is 14.8 Å². The maximum Gasteiger partial charge on any atom is 0.309 e. The first-order valence-corrected chi connectivity index (χ1v) is 5.85. The van der Waals surface area contributed by atoms with Crippen LogP contribution in [0.5, 0.6) is 0 Å². The van der Waals surface area contributed by atoms with Gasteiger partial charge in [-0.15, -0.1) is 12.4 Å². The van der Waals surface area contributed by atoms with Gasteiger partial charge >= 0.3 is 5.97 Å². The number of esters is 1. The summed E-state index contributed by atoms with van der Waals surface area (Å²) in [6.07, 6.45) is 3.83. The molecule has 2 heterocycles. The van der Waals surface area contributed by atoms with Crippen LogP contribution in [0.2, 0.25) is 0 Å². The number of hydrogen-bond donors (Lipinski definition) is 1. The number of halogens is 1. The van der Waals surface area contributed by atoms with Crippen LogP contribution in [0.4, 0.5) is 0 Å². The first kappa shape index (κ1) is 13.7. The molecular weight excluding hydrogens is 230 g/mol. The van der Waals surface area contributed by atoms with Gasteiger partial charge in [0.25, 0.3) is 0 Å². The maximum absolute atomic E-state index is 11.8. The number of piperidine rings is 1. The van der Waals surface area contributed by atoms with E-state index in [-0.39, 0.29) is 30.4 Å². The molecule has 0 saturated carbocycles. The van der Waals surface area contributed by atoms with Crippen LogP contribution in [0.15, 0.2) is 0 Å². The lowest BCUT2D eigenvalue weighted by Crippen LogP contribution is -2.38. The summed E-state index contributed by atoms with van der Waals surface area (Å²) in [6, 6.07) is 0. The molecule has 0 aromatic carbocycles. The number of carbonyl (C=O) groups is 1. The minimum absolute atomic E-state index is 0. The molecule has 2 fully saturated rings. The summed E-state index contributed by atoms with van der Waals surface area (Å²) < 4.78 is 10.7. The Hall–Kier alpha value is -0.320. The maximum atomic E-state index is 11.8. The molecule has 2 saturated heterocycles. The monoisotopic (exact) mass is 249 g/mol. The van der Waals surface area contributed by atoms with Gasteiger partial charge in [-0.2, -0.15) is 0 Å². The van der Waals surface area contributed by atoms with Crippen LogP contribution in [0.25, 0.3) is 0 Å². The Bertz CT molecular complexity index is 213. The van der Waals surface area contributed by atoms with Crippen LogP contribution in [0.1, 0.15) is 25.7 Å². The third-order valence-corrected chi connectivity index (χ3v) is 3.09. The zero-order valence-electron chi connectivity index (χ0n) is 9.44. The van der Waals surface area contributed by atoms with Gasteiger partial charge in [-0.05, 0) is 32.2 Å². The topological polar surface area (TPSA) is 47.6 Å². The Kier molecular flexibility index (Phi) is 6.09. The van der Waals surface area contributed by atoms with Gasteiger partial charge in [0.05, 0.1) is 5.92 Å². The van der Waals surface area contributed by atoms with E-state index in [4.69, 9.17) is 9.47 Å². The number of carbonyl (C=O) groups excluding carboxylic acids is 1. The molecule has 0 aromatic heterocycles. The van der Waals surface area contributed by atoms with E-state index < -0.39 is 0 Å². The first-order valence-electron chi connectivity index (χ1n) is 5.85. The number of ether oxygens (including phenoxy) is 2. The van der Waals surface area contributed by atoms with Crippen LogP contribution < -0.4 is 5.32 Å². The van der Waals surface area contributed by atoms with Gasteiger partial charge in [0.2, 0.25) is 0 Å². The fraction of sp³-hybridized carbons (Fsp3) is 0.909. The van der Waals surface area contributed by atoms with Gasteiger partial charge in [-0.3, -0.25) is 4.79 Å². The third kappa shape index (κ3) is 3.92. The van der Waals surface area contributed by atoms with E-state index >= 15 is 0 Å². The lowest BCUT2D eigenvalue weighted by Gasteiger charge is -2.26. The number of hydrogen-bond acceptors (Lipinski definition) is 4. The zero-order valence-corrected chi connectivity index (χ0v) is 10.3. The highest BCUT2D eigenvalue weighted by Gasteiger charge is 2.26. The predicted octanol–water partition coefficient (Wildman–Crippen LogP) is 1.13. The summed E-state index contributed by atoms with van der Waals surface area (Å²) in [7, 11) is 0. The van der Waals surface area contributed by atoms with Crippen LogP contribution >= 0.6 is 12.4 Å². The first-order chi connectivity index (χ1) is 7.36. The molecule has 2 rings (SSSR count). The Labute approximate surface area is 102 Å². The van der Waals surface area contributed by atoms with E-state index in [2.05, 4.69) is 5.32 Å². The second kappa shape index (κ2) is 7.09. The predicted molar refractivity (Wildman–Crippen MR) is 62.8 cm³/mol. The molecule has 0 aromatic rings. The summed E-state index contributed by atoms with van der Waals surface area (Å²) in [6.45, 7) is 3.26. The highest BCUT2D eigenvalue weighted by atomic mass is 35.5. The Morgan fingerprint density at radius 1 is 1.25 bits per heavy atom. The number of nitrogens with one attached hydrogen (secondary N) is 1. The van der Waals surface area contributed by atoms with Crippen molar-refractivity contribution in [3.63, 3.8) is 0 Å². The van der Waals surface area contributed by atoms with Crippen molar-refractivity contribution in [1.29, 1.82) is 0 Å². The standard InChI is InChI=1S/C11H19NO3.ClH/c13-11(9-3-6-14-7-4-9)15-10-2-1-5-12-8-10;/h9-10,12H,1-8H2;1H. The van der Waals surface area contributed by atoms with Crippen LogP contribution in [-0.2, 0) is 14.3 Å². The fourth-order valence-corrected chi connectivity index (χ4v) is 2.11. The molecule has 0 aliphatic carbocycles. The van der Waals surface area contributed by atoms with Crippen molar-refractivity contribution < 1.29 is 14.3 Å². The zero-order chi connectivity index (χ0) is 10.5. The van der Waals surface area contributed by atoms with Crippen molar-refractivity contribution in [2.45, 2.75) is 31.8 Å². The average Bonchev–Trinajstić information content (AvgIpc) is 2.31. The molecule has 2 aliphatic rings. The molecule has 1 N–H and O–H groups in total. The molecule has 94 valence electrons. The van der Waals surface area contributed by atoms with Gasteiger partial charge in [-0.1, -0.05) is 0 Å². The third-order valence-electron chi connectivity index (χ3n) is 3.09. The van der Waals surface area contributed by atoms with E-state index in [1.165, 1.54) is 0 Å². The minimum Gasteiger partial charge on any atom is -0.461 e. The molecule has 1 unspecified atom stereocenters. The van der Waals surface area contributed by atoms with E-state index in [1.54, 1.807) is 0 Å². The molecular formula is C11H20ClNO3. The van der Waals surface area contributed by atoms with Crippen molar-refractivity contribution in [2.75, 3.05) is 26.3 Å². The molecule has 0 radical (unpaired) electrons. The molecule has 0 amide bonds. The van der Waals surface area contributed by atoms with Crippen molar-refractivity contribution in [3.05, 3.63) is 0 Å². The summed E-state index contributed by atoms with van der Waals surface area (Å²) in [5.41, 5.74) is 0. The molecule has 0 bridgehead atoms. The van der Waals surface area contributed by atoms with Crippen molar-refractivity contribution >= 4 is 18.4 Å². The average molecular weight is 250 g/mol. The van der Waals surface area contributed by atoms with E-state index in [0.29, 0.717) is 13.2 Å². The molecule has 0 spiro atoms. The normalized spacial score (nSPS) is 26.9. The van der Waals surface area contributed by atoms with E-state index in [9.17, 15) is 4.79 Å². The summed E-state index contributed by atoms with van der Waals surface area (Å²) in [5, 5.41) is 3.24. The minimum atomic E-state index is -0.0213.